The van der Waals surface area contributed by atoms with Crippen molar-refractivity contribution in [2.45, 2.75) is 60.8 Å². The lowest BCUT2D eigenvalue weighted by molar-refractivity contribution is 0.201. The van der Waals surface area contributed by atoms with Crippen LogP contribution in [-0.2, 0) is 0 Å². The average Bonchev–Trinajstić information content (AvgIpc) is 3.63. The van der Waals surface area contributed by atoms with Gasteiger partial charge >= 0.3 is 0 Å². The predicted molar refractivity (Wildman–Crippen MR) is 116 cm³/mol. The van der Waals surface area contributed by atoms with Crippen LogP contribution in [0.2, 0.25) is 0 Å². The smallest absolute Gasteiger partial charge is 0.158 e. The van der Waals surface area contributed by atoms with Gasteiger partial charge < -0.3 is 16.4 Å². The number of nitrogen functional groups attached to an aromatic ring is 2. The van der Waals surface area contributed by atoms with Gasteiger partial charge in [0.25, 0.3) is 0 Å². The van der Waals surface area contributed by atoms with E-state index in [9.17, 15) is 0 Å². The zero-order valence-corrected chi connectivity index (χ0v) is 17.5. The van der Waals surface area contributed by atoms with E-state index >= 15 is 0 Å². The van der Waals surface area contributed by atoms with Crippen LogP contribution in [0.4, 0.5) is 17.5 Å². The highest BCUT2D eigenvalue weighted by Gasteiger charge is 2.54. The molecule has 0 amide bonds. The molecule has 3 saturated carbocycles. The van der Waals surface area contributed by atoms with Crippen molar-refractivity contribution in [1.82, 2.24) is 15.0 Å². The summed E-state index contributed by atoms with van der Waals surface area (Å²) in [6.07, 6.45) is 13.0. The standard InChI is InChI=1S/C22H28N6S/c23-19-18(13-1-2-13)16(3-6-25-19)29-21-20(24)27-17(12-26-21)28-7-4-22(5-8-28)10-14-9-15(14)11-22/h3,6,12-15H,1-2,4-5,7-11H2,(H2,23,25)(H2,24,27). The summed E-state index contributed by atoms with van der Waals surface area (Å²) in [5.41, 5.74) is 14.2. The van der Waals surface area contributed by atoms with E-state index in [1.807, 2.05) is 12.3 Å². The van der Waals surface area contributed by atoms with E-state index < -0.39 is 0 Å². The van der Waals surface area contributed by atoms with Crippen molar-refractivity contribution in [2.75, 3.05) is 29.5 Å². The van der Waals surface area contributed by atoms with Gasteiger partial charge in [0, 0.05) is 29.7 Å². The molecule has 4 fully saturated rings. The highest BCUT2D eigenvalue weighted by Crippen LogP contribution is 2.63. The topological polar surface area (TPSA) is 94.0 Å². The zero-order valence-electron chi connectivity index (χ0n) is 16.7. The first-order valence-electron chi connectivity index (χ1n) is 10.9. The van der Waals surface area contributed by atoms with Gasteiger partial charge in [-0.3, -0.25) is 0 Å². The molecule has 1 spiro atoms. The summed E-state index contributed by atoms with van der Waals surface area (Å²) in [6, 6.07) is 2.01. The summed E-state index contributed by atoms with van der Waals surface area (Å²) in [6.45, 7) is 2.15. The van der Waals surface area contributed by atoms with Crippen molar-refractivity contribution in [2.24, 2.45) is 17.3 Å². The minimum absolute atomic E-state index is 0.507. The lowest BCUT2D eigenvalue weighted by Gasteiger charge is -2.40. The number of aromatic nitrogens is 3. The molecule has 2 aromatic rings. The van der Waals surface area contributed by atoms with Crippen LogP contribution in [0.15, 0.2) is 28.4 Å². The van der Waals surface area contributed by atoms with Gasteiger partial charge in [-0.15, -0.1) is 0 Å². The number of fused-ring (bicyclic) bond motifs is 1. The molecule has 0 radical (unpaired) electrons. The zero-order chi connectivity index (χ0) is 19.6. The molecule has 4 N–H and O–H groups in total. The van der Waals surface area contributed by atoms with Crippen LogP contribution >= 0.6 is 11.8 Å². The van der Waals surface area contributed by atoms with Crippen molar-refractivity contribution >= 4 is 29.2 Å². The molecule has 2 atom stereocenters. The molecule has 4 aliphatic rings. The molecule has 1 saturated heterocycles. The van der Waals surface area contributed by atoms with Crippen molar-refractivity contribution < 1.29 is 0 Å². The number of piperidine rings is 1. The van der Waals surface area contributed by atoms with E-state index in [0.29, 0.717) is 23.0 Å². The number of rotatable bonds is 4. The molecule has 6 nitrogen and oxygen atoms in total. The minimum Gasteiger partial charge on any atom is -0.383 e. The molecule has 0 aromatic carbocycles. The fourth-order valence-corrected chi connectivity index (χ4v) is 6.66. The summed E-state index contributed by atoms with van der Waals surface area (Å²) in [7, 11) is 0. The van der Waals surface area contributed by atoms with Crippen LogP contribution < -0.4 is 16.4 Å². The van der Waals surface area contributed by atoms with Gasteiger partial charge in [0.15, 0.2) is 5.82 Å². The second-order valence-corrected chi connectivity index (χ2v) is 10.6. The minimum atomic E-state index is 0.507. The van der Waals surface area contributed by atoms with E-state index in [4.69, 9.17) is 16.5 Å². The molecule has 2 aromatic heterocycles. The molecular formula is C22H28N6S. The quantitative estimate of drug-likeness (QED) is 0.787. The number of hydrogen-bond acceptors (Lipinski definition) is 7. The second kappa shape index (κ2) is 6.49. The van der Waals surface area contributed by atoms with Gasteiger partial charge in [-0.25, -0.2) is 15.0 Å². The Morgan fingerprint density at radius 1 is 1.03 bits per heavy atom. The lowest BCUT2D eigenvalue weighted by Crippen LogP contribution is -2.40. The summed E-state index contributed by atoms with van der Waals surface area (Å²) >= 11 is 1.56. The van der Waals surface area contributed by atoms with E-state index in [1.165, 1.54) is 44.9 Å². The van der Waals surface area contributed by atoms with Gasteiger partial charge in [0.1, 0.15) is 16.7 Å². The highest BCUT2D eigenvalue weighted by molar-refractivity contribution is 7.99. The monoisotopic (exact) mass is 408 g/mol. The van der Waals surface area contributed by atoms with Crippen LogP contribution in [-0.4, -0.2) is 28.0 Å². The third kappa shape index (κ3) is 3.23. The predicted octanol–water partition coefficient (Wildman–Crippen LogP) is 4.08. The van der Waals surface area contributed by atoms with Gasteiger partial charge in [-0.05, 0) is 74.2 Å². The fourth-order valence-electron chi connectivity index (χ4n) is 5.68. The molecule has 0 bridgehead atoms. The summed E-state index contributed by atoms with van der Waals surface area (Å²) in [4.78, 5) is 17.1. The van der Waals surface area contributed by atoms with E-state index in [1.54, 1.807) is 18.0 Å². The Balaban J connectivity index is 1.17. The normalized spacial score (nSPS) is 27.2. The van der Waals surface area contributed by atoms with Gasteiger partial charge in [0.2, 0.25) is 0 Å². The maximum absolute atomic E-state index is 6.33. The van der Waals surface area contributed by atoms with Gasteiger partial charge in [0.05, 0.1) is 6.20 Å². The molecule has 3 heterocycles. The summed E-state index contributed by atoms with van der Waals surface area (Å²) in [5, 5.41) is 0.755. The third-order valence-electron chi connectivity index (χ3n) is 7.53. The second-order valence-electron chi connectivity index (χ2n) is 9.55. The van der Waals surface area contributed by atoms with Crippen molar-refractivity contribution in [3.63, 3.8) is 0 Å². The maximum Gasteiger partial charge on any atom is 0.158 e. The maximum atomic E-state index is 6.33. The number of hydrogen-bond donors (Lipinski definition) is 2. The molecule has 1 aliphatic heterocycles. The SMILES string of the molecule is Nc1nc(N2CCC3(CC2)CC2CC2C3)cnc1Sc1ccnc(N)c1C1CC1. The summed E-state index contributed by atoms with van der Waals surface area (Å²) < 4.78 is 0. The van der Waals surface area contributed by atoms with Crippen LogP contribution in [0.1, 0.15) is 56.4 Å². The van der Waals surface area contributed by atoms with E-state index in [-0.39, 0.29) is 0 Å². The van der Waals surface area contributed by atoms with Crippen LogP contribution in [0.3, 0.4) is 0 Å². The molecule has 6 rings (SSSR count). The first-order chi connectivity index (χ1) is 14.1. The first-order valence-corrected chi connectivity index (χ1v) is 11.7. The number of anilines is 3. The molecule has 152 valence electrons. The van der Waals surface area contributed by atoms with Gasteiger partial charge in [-0.1, -0.05) is 11.8 Å². The van der Waals surface area contributed by atoms with E-state index in [0.717, 1.165) is 46.2 Å². The summed E-state index contributed by atoms with van der Waals surface area (Å²) in [5.74, 6) is 4.69. The molecule has 3 aliphatic carbocycles. The van der Waals surface area contributed by atoms with Crippen LogP contribution in [0, 0.1) is 17.3 Å². The number of pyridine rings is 1. The molecule has 2 unspecified atom stereocenters. The fraction of sp³-hybridized carbons (Fsp3) is 0.591. The Bertz CT molecular complexity index is 938. The lowest BCUT2D eigenvalue weighted by atomic mass is 9.75. The third-order valence-corrected chi connectivity index (χ3v) is 8.62. The number of nitrogens with two attached hydrogens (primary N) is 2. The largest absolute Gasteiger partial charge is 0.383 e. The van der Waals surface area contributed by atoms with Crippen LogP contribution in [0.25, 0.3) is 0 Å². The van der Waals surface area contributed by atoms with Gasteiger partial charge in [-0.2, -0.15) is 0 Å². The Hall–Kier alpha value is -2.02. The first kappa shape index (κ1) is 17.8. The van der Waals surface area contributed by atoms with E-state index in [2.05, 4.69) is 14.9 Å². The Labute approximate surface area is 175 Å². The van der Waals surface area contributed by atoms with Crippen LogP contribution in [0.5, 0.6) is 0 Å². The number of nitrogens with zero attached hydrogens (tertiary/aromatic N) is 4. The van der Waals surface area contributed by atoms with Crippen molar-refractivity contribution in [1.29, 1.82) is 0 Å². The molecular weight excluding hydrogens is 380 g/mol. The Morgan fingerprint density at radius 2 is 1.79 bits per heavy atom. The average molecular weight is 409 g/mol. The van der Waals surface area contributed by atoms with Crippen molar-refractivity contribution in [3.8, 4) is 0 Å². The Morgan fingerprint density at radius 3 is 2.48 bits per heavy atom. The molecule has 29 heavy (non-hydrogen) atoms. The highest BCUT2D eigenvalue weighted by atomic mass is 32.2. The Kier molecular flexibility index (Phi) is 3.98. The van der Waals surface area contributed by atoms with Crippen molar-refractivity contribution in [3.05, 3.63) is 24.0 Å². The molecule has 7 heteroatoms.